The van der Waals surface area contributed by atoms with Crippen LogP contribution in [0.25, 0.3) is 0 Å². The van der Waals surface area contributed by atoms with Crippen molar-refractivity contribution in [1.29, 1.82) is 0 Å². The first-order valence-corrected chi connectivity index (χ1v) is 7.89. The van der Waals surface area contributed by atoms with Gasteiger partial charge in [0, 0.05) is 12.6 Å². The summed E-state index contributed by atoms with van der Waals surface area (Å²) >= 11 is 0. The fraction of sp³-hybridized carbons (Fsp3) is 0.867. The van der Waals surface area contributed by atoms with Gasteiger partial charge >= 0.3 is 5.97 Å². The van der Waals surface area contributed by atoms with E-state index in [1.807, 2.05) is 6.92 Å². The number of piperidine rings is 1. The Hall–Kier alpha value is -1.10. The van der Waals surface area contributed by atoms with Crippen molar-refractivity contribution in [3.63, 3.8) is 0 Å². The van der Waals surface area contributed by atoms with Gasteiger partial charge in [0.1, 0.15) is 6.04 Å². The number of nitrogens with zero attached hydrogens (tertiary/aromatic N) is 1. The van der Waals surface area contributed by atoms with Crippen molar-refractivity contribution in [1.82, 2.24) is 10.2 Å². The van der Waals surface area contributed by atoms with Crippen LogP contribution in [0.5, 0.6) is 0 Å². The van der Waals surface area contributed by atoms with Gasteiger partial charge in [0.05, 0.1) is 6.04 Å². The molecule has 2 aliphatic rings. The van der Waals surface area contributed by atoms with Crippen LogP contribution in [0.15, 0.2) is 0 Å². The van der Waals surface area contributed by atoms with Crippen molar-refractivity contribution in [3.05, 3.63) is 0 Å². The van der Waals surface area contributed by atoms with Gasteiger partial charge in [-0.15, -0.1) is 0 Å². The average Bonchev–Trinajstić information content (AvgIpc) is 2.47. The number of nitrogens with one attached hydrogen (secondary N) is 1. The van der Waals surface area contributed by atoms with Gasteiger partial charge in [-0.25, -0.2) is 4.79 Å². The molecule has 2 unspecified atom stereocenters. The lowest BCUT2D eigenvalue weighted by molar-refractivity contribution is -0.152. The van der Waals surface area contributed by atoms with Crippen LogP contribution in [0, 0.1) is 0 Å². The van der Waals surface area contributed by atoms with E-state index < -0.39 is 12.0 Å². The zero-order chi connectivity index (χ0) is 14.5. The summed E-state index contributed by atoms with van der Waals surface area (Å²) in [5.41, 5.74) is 0. The number of hydrogen-bond donors (Lipinski definition) is 2. The monoisotopic (exact) mass is 282 g/mol. The number of hydrogen-bond acceptors (Lipinski definition) is 3. The van der Waals surface area contributed by atoms with Gasteiger partial charge in [-0.05, 0) is 39.0 Å². The van der Waals surface area contributed by atoms with Crippen molar-refractivity contribution in [2.24, 2.45) is 0 Å². The number of carbonyl (C=O) groups excluding carboxylic acids is 1. The van der Waals surface area contributed by atoms with Crippen molar-refractivity contribution < 1.29 is 14.7 Å². The molecule has 1 saturated heterocycles. The second-order valence-electron chi connectivity index (χ2n) is 6.10. The molecule has 2 fully saturated rings. The van der Waals surface area contributed by atoms with Crippen molar-refractivity contribution in [2.45, 2.75) is 76.4 Å². The van der Waals surface area contributed by atoms with Crippen LogP contribution in [0.1, 0.15) is 58.3 Å². The molecular formula is C15H26N2O3. The summed E-state index contributed by atoms with van der Waals surface area (Å²) in [6, 6.07) is -0.499. The third kappa shape index (κ3) is 3.72. The van der Waals surface area contributed by atoms with E-state index in [1.165, 1.54) is 19.3 Å². The zero-order valence-electron chi connectivity index (χ0n) is 12.3. The molecular weight excluding hydrogens is 256 g/mol. The molecule has 2 atom stereocenters. The maximum atomic E-state index is 12.5. The fourth-order valence-corrected chi connectivity index (χ4v) is 3.39. The molecule has 0 bridgehead atoms. The summed E-state index contributed by atoms with van der Waals surface area (Å²) < 4.78 is 0. The minimum atomic E-state index is -0.872. The average molecular weight is 282 g/mol. The van der Waals surface area contributed by atoms with E-state index in [4.69, 9.17) is 0 Å². The maximum absolute atomic E-state index is 12.5. The van der Waals surface area contributed by atoms with E-state index in [0.29, 0.717) is 19.0 Å². The first-order chi connectivity index (χ1) is 9.59. The van der Waals surface area contributed by atoms with Crippen LogP contribution >= 0.6 is 0 Å². The maximum Gasteiger partial charge on any atom is 0.326 e. The van der Waals surface area contributed by atoms with Gasteiger partial charge in [-0.3, -0.25) is 4.79 Å². The molecule has 0 aromatic rings. The summed E-state index contributed by atoms with van der Waals surface area (Å²) in [4.78, 5) is 25.3. The Bertz CT molecular complexity index is 353. The van der Waals surface area contributed by atoms with Crippen LogP contribution < -0.4 is 5.32 Å². The molecule has 5 nitrogen and oxygen atoms in total. The number of likely N-dealkylation sites (tertiary alicyclic amines) is 1. The van der Waals surface area contributed by atoms with E-state index in [1.54, 1.807) is 4.90 Å². The van der Waals surface area contributed by atoms with E-state index in [-0.39, 0.29) is 11.9 Å². The lowest BCUT2D eigenvalue weighted by Gasteiger charge is -2.36. The lowest BCUT2D eigenvalue weighted by atomic mass is 9.94. The molecule has 1 aliphatic carbocycles. The smallest absolute Gasteiger partial charge is 0.326 e. The summed E-state index contributed by atoms with van der Waals surface area (Å²) in [6.07, 6.45) is 8.36. The third-order valence-corrected chi connectivity index (χ3v) is 4.53. The second-order valence-corrected chi connectivity index (χ2v) is 6.10. The highest BCUT2D eigenvalue weighted by atomic mass is 16.4. The third-order valence-electron chi connectivity index (χ3n) is 4.53. The highest BCUT2D eigenvalue weighted by Crippen LogP contribution is 2.20. The highest BCUT2D eigenvalue weighted by molar-refractivity contribution is 5.87. The number of aliphatic carboxylic acids is 1. The van der Waals surface area contributed by atoms with Crippen LogP contribution in [-0.2, 0) is 9.59 Å². The Morgan fingerprint density at radius 1 is 1.10 bits per heavy atom. The quantitative estimate of drug-likeness (QED) is 0.824. The van der Waals surface area contributed by atoms with Gasteiger partial charge < -0.3 is 15.3 Å². The Kier molecular flexibility index (Phi) is 5.40. The van der Waals surface area contributed by atoms with E-state index in [2.05, 4.69) is 5.32 Å². The SMILES string of the molecule is CC(NC1CCCCC1)C(=O)N1CCCCC1C(=O)O. The summed E-state index contributed by atoms with van der Waals surface area (Å²) in [7, 11) is 0. The van der Waals surface area contributed by atoms with Crippen LogP contribution in [-0.4, -0.2) is 46.6 Å². The van der Waals surface area contributed by atoms with E-state index in [9.17, 15) is 14.7 Å². The predicted octanol–water partition coefficient (Wildman–Crippen LogP) is 1.76. The Morgan fingerprint density at radius 3 is 2.40 bits per heavy atom. The lowest BCUT2D eigenvalue weighted by Crippen LogP contribution is -2.55. The second kappa shape index (κ2) is 7.07. The number of rotatable bonds is 4. The van der Waals surface area contributed by atoms with E-state index >= 15 is 0 Å². The van der Waals surface area contributed by atoms with Crippen molar-refractivity contribution >= 4 is 11.9 Å². The number of carbonyl (C=O) groups is 2. The van der Waals surface area contributed by atoms with Gasteiger partial charge in [-0.2, -0.15) is 0 Å². The molecule has 1 amide bonds. The molecule has 2 rings (SSSR count). The van der Waals surface area contributed by atoms with Gasteiger partial charge in [0.15, 0.2) is 0 Å². The van der Waals surface area contributed by atoms with Crippen molar-refractivity contribution in [2.75, 3.05) is 6.54 Å². The molecule has 0 aromatic heterocycles. The summed E-state index contributed by atoms with van der Waals surface area (Å²) in [5.74, 6) is -0.925. The van der Waals surface area contributed by atoms with Gasteiger partial charge in [-0.1, -0.05) is 19.3 Å². The van der Waals surface area contributed by atoms with Gasteiger partial charge in [0.25, 0.3) is 0 Å². The Labute approximate surface area is 120 Å². The van der Waals surface area contributed by atoms with Crippen LogP contribution in [0.3, 0.4) is 0 Å². The largest absolute Gasteiger partial charge is 0.480 e. The van der Waals surface area contributed by atoms with Gasteiger partial charge in [0.2, 0.25) is 5.91 Å². The molecule has 20 heavy (non-hydrogen) atoms. The molecule has 2 N–H and O–H groups in total. The molecule has 1 aliphatic heterocycles. The van der Waals surface area contributed by atoms with E-state index in [0.717, 1.165) is 25.7 Å². The minimum Gasteiger partial charge on any atom is -0.480 e. The summed E-state index contributed by atoms with van der Waals surface area (Å²) in [6.45, 7) is 2.44. The molecule has 0 radical (unpaired) electrons. The minimum absolute atomic E-state index is 0.0531. The highest BCUT2D eigenvalue weighted by Gasteiger charge is 2.34. The van der Waals surface area contributed by atoms with Crippen molar-refractivity contribution in [3.8, 4) is 0 Å². The molecule has 1 heterocycles. The predicted molar refractivity (Wildman–Crippen MR) is 76.5 cm³/mol. The molecule has 5 heteroatoms. The fourth-order valence-electron chi connectivity index (χ4n) is 3.39. The molecule has 0 aromatic carbocycles. The first-order valence-electron chi connectivity index (χ1n) is 7.89. The molecule has 114 valence electrons. The number of amides is 1. The first kappa shape index (κ1) is 15.3. The molecule has 1 saturated carbocycles. The Balaban J connectivity index is 1.92. The summed E-state index contributed by atoms with van der Waals surface area (Å²) in [5, 5.41) is 12.6. The number of carboxylic acid groups (broad SMARTS) is 1. The van der Waals surface area contributed by atoms with Crippen LogP contribution in [0.4, 0.5) is 0 Å². The zero-order valence-corrected chi connectivity index (χ0v) is 12.3. The normalized spacial score (nSPS) is 26.2. The Morgan fingerprint density at radius 2 is 1.75 bits per heavy atom. The standard InChI is InChI=1S/C15H26N2O3/c1-11(16-12-7-3-2-4-8-12)14(18)17-10-6-5-9-13(17)15(19)20/h11-13,16H,2-10H2,1H3,(H,19,20). The topological polar surface area (TPSA) is 69.6 Å². The number of carboxylic acids is 1. The van der Waals surface area contributed by atoms with Crippen LogP contribution in [0.2, 0.25) is 0 Å². The molecule has 0 spiro atoms.